The van der Waals surface area contributed by atoms with Crippen LogP contribution in [0.3, 0.4) is 0 Å². The smallest absolute Gasteiger partial charge is 0.269 e. The van der Waals surface area contributed by atoms with E-state index in [4.69, 9.17) is 4.74 Å². The second-order valence-corrected chi connectivity index (χ2v) is 7.67. The molecule has 1 aliphatic heterocycles. The van der Waals surface area contributed by atoms with E-state index in [9.17, 15) is 14.9 Å². The maximum Gasteiger partial charge on any atom is 0.269 e. The van der Waals surface area contributed by atoms with Crippen molar-refractivity contribution >= 4 is 23.0 Å². The number of nitro benzene ring substituents is 1. The summed E-state index contributed by atoms with van der Waals surface area (Å²) in [4.78, 5) is 25.7. The first-order chi connectivity index (χ1) is 15.6. The van der Waals surface area contributed by atoms with Crippen molar-refractivity contribution in [1.29, 1.82) is 0 Å². The number of hydrogen-bond acceptors (Lipinski definition) is 5. The zero-order chi connectivity index (χ0) is 22.5. The summed E-state index contributed by atoms with van der Waals surface area (Å²) in [5, 5.41) is 14.5. The molecule has 0 saturated heterocycles. The van der Waals surface area contributed by atoms with Crippen LogP contribution in [0.25, 0.3) is 0 Å². The highest BCUT2D eigenvalue weighted by molar-refractivity contribution is 6.12. The summed E-state index contributed by atoms with van der Waals surface area (Å²) >= 11 is 0. The number of ether oxygens (including phenoxy) is 1. The molecule has 4 rings (SSSR count). The third-order valence-corrected chi connectivity index (χ3v) is 5.48. The minimum Gasteiger partial charge on any atom is -0.494 e. The van der Waals surface area contributed by atoms with Crippen molar-refractivity contribution in [2.75, 3.05) is 16.8 Å². The van der Waals surface area contributed by atoms with Crippen LogP contribution in [0.1, 0.15) is 48.3 Å². The molecule has 3 aromatic carbocycles. The zero-order valence-corrected chi connectivity index (χ0v) is 17.9. The summed E-state index contributed by atoms with van der Waals surface area (Å²) in [6.07, 6.45) is 2.76. The number of rotatable bonds is 8. The summed E-state index contributed by atoms with van der Waals surface area (Å²) in [6.45, 7) is 2.81. The Bertz CT molecular complexity index is 1100. The van der Waals surface area contributed by atoms with Gasteiger partial charge in [0.05, 0.1) is 17.1 Å². The Labute approximate surface area is 186 Å². The number of nitrogens with zero attached hydrogens (tertiary/aromatic N) is 2. The Kier molecular flexibility index (Phi) is 6.35. The average molecular weight is 431 g/mol. The molecular weight excluding hydrogens is 406 g/mol. The normalized spacial score (nSPS) is 15.1. The first-order valence-electron chi connectivity index (χ1n) is 10.7. The van der Waals surface area contributed by atoms with Gasteiger partial charge in [-0.25, -0.2) is 0 Å². The van der Waals surface area contributed by atoms with E-state index >= 15 is 0 Å². The fraction of sp³-hybridized carbons (Fsp3) is 0.240. The number of unbranched alkanes of at least 4 members (excludes halogenated alkanes) is 2. The summed E-state index contributed by atoms with van der Waals surface area (Å²) in [7, 11) is 0. The fourth-order valence-corrected chi connectivity index (χ4v) is 3.78. The van der Waals surface area contributed by atoms with Gasteiger partial charge in [-0.2, -0.15) is 0 Å². The Balaban J connectivity index is 1.65. The van der Waals surface area contributed by atoms with Crippen LogP contribution in [0.2, 0.25) is 0 Å². The van der Waals surface area contributed by atoms with E-state index in [1.165, 1.54) is 12.1 Å². The summed E-state index contributed by atoms with van der Waals surface area (Å²) in [5.74, 6) is 0.619. The van der Waals surface area contributed by atoms with E-state index in [0.717, 1.165) is 36.3 Å². The van der Waals surface area contributed by atoms with Crippen LogP contribution in [-0.4, -0.2) is 17.4 Å². The van der Waals surface area contributed by atoms with Crippen LogP contribution in [0, 0.1) is 10.1 Å². The lowest BCUT2D eigenvalue weighted by molar-refractivity contribution is -0.384. The minimum absolute atomic E-state index is 0.00686. The van der Waals surface area contributed by atoms with Crippen molar-refractivity contribution in [3.63, 3.8) is 0 Å². The highest BCUT2D eigenvalue weighted by Gasteiger charge is 2.34. The third kappa shape index (κ3) is 4.42. The number of carbonyl (C=O) groups excluding carboxylic acids is 1. The Morgan fingerprint density at radius 3 is 2.41 bits per heavy atom. The second kappa shape index (κ2) is 9.51. The molecule has 32 heavy (non-hydrogen) atoms. The van der Waals surface area contributed by atoms with E-state index in [2.05, 4.69) is 12.2 Å². The molecule has 1 N–H and O–H groups in total. The lowest BCUT2D eigenvalue weighted by atomic mass is 10.0. The highest BCUT2D eigenvalue weighted by atomic mass is 16.6. The van der Waals surface area contributed by atoms with Gasteiger partial charge < -0.3 is 10.1 Å². The number of anilines is 2. The Hall–Kier alpha value is -3.87. The Morgan fingerprint density at radius 1 is 1.00 bits per heavy atom. The number of nitrogens with one attached hydrogen (secondary N) is 1. The minimum atomic E-state index is -0.505. The SMILES string of the molecule is CCCCCOc1ccc(N2C(=O)c3ccccc3N[C@@H]2c2ccc([N+](=O)[O-])cc2)cc1. The lowest BCUT2D eigenvalue weighted by Crippen LogP contribution is -2.43. The van der Waals surface area contributed by atoms with Gasteiger partial charge in [-0.3, -0.25) is 19.8 Å². The van der Waals surface area contributed by atoms with Crippen LogP contribution in [0.4, 0.5) is 17.1 Å². The molecule has 1 heterocycles. The molecule has 0 unspecified atom stereocenters. The van der Waals surface area contributed by atoms with E-state index in [1.54, 1.807) is 23.1 Å². The molecule has 7 nitrogen and oxygen atoms in total. The maximum atomic E-state index is 13.5. The van der Waals surface area contributed by atoms with Crippen molar-refractivity contribution in [2.24, 2.45) is 0 Å². The summed E-state index contributed by atoms with van der Waals surface area (Å²) in [6, 6.07) is 21.0. The van der Waals surface area contributed by atoms with Gasteiger partial charge in [-0.15, -0.1) is 0 Å². The number of para-hydroxylation sites is 1. The third-order valence-electron chi connectivity index (χ3n) is 5.48. The van der Waals surface area contributed by atoms with Crippen LogP contribution < -0.4 is 15.0 Å². The van der Waals surface area contributed by atoms with Gasteiger partial charge in [-0.05, 0) is 60.5 Å². The number of hydrogen-bond donors (Lipinski definition) is 1. The largest absolute Gasteiger partial charge is 0.494 e. The topological polar surface area (TPSA) is 84.7 Å². The summed E-state index contributed by atoms with van der Waals surface area (Å²) < 4.78 is 5.80. The number of amides is 1. The molecule has 164 valence electrons. The van der Waals surface area contributed by atoms with Crippen molar-refractivity contribution in [3.8, 4) is 5.75 Å². The lowest BCUT2D eigenvalue weighted by Gasteiger charge is -2.38. The predicted molar refractivity (Wildman–Crippen MR) is 124 cm³/mol. The molecule has 0 radical (unpaired) electrons. The van der Waals surface area contributed by atoms with E-state index in [0.29, 0.717) is 17.9 Å². The van der Waals surface area contributed by atoms with Gasteiger partial charge in [-0.1, -0.05) is 31.9 Å². The van der Waals surface area contributed by atoms with Crippen molar-refractivity contribution in [3.05, 3.63) is 94.0 Å². The molecule has 0 fully saturated rings. The van der Waals surface area contributed by atoms with Gasteiger partial charge >= 0.3 is 0 Å². The Morgan fingerprint density at radius 2 is 1.72 bits per heavy atom. The number of benzene rings is 3. The van der Waals surface area contributed by atoms with Crippen LogP contribution >= 0.6 is 0 Å². The van der Waals surface area contributed by atoms with Crippen LogP contribution in [0.5, 0.6) is 5.75 Å². The van der Waals surface area contributed by atoms with Crippen LogP contribution in [-0.2, 0) is 0 Å². The molecule has 0 bridgehead atoms. The average Bonchev–Trinajstić information content (AvgIpc) is 2.82. The quantitative estimate of drug-likeness (QED) is 0.271. The molecule has 3 aromatic rings. The monoisotopic (exact) mass is 431 g/mol. The first kappa shape index (κ1) is 21.4. The molecule has 0 aliphatic carbocycles. The molecule has 0 saturated carbocycles. The second-order valence-electron chi connectivity index (χ2n) is 7.67. The van der Waals surface area contributed by atoms with Crippen molar-refractivity contribution in [2.45, 2.75) is 32.4 Å². The maximum absolute atomic E-state index is 13.5. The van der Waals surface area contributed by atoms with Crippen LogP contribution in [0.15, 0.2) is 72.8 Å². The van der Waals surface area contributed by atoms with E-state index in [-0.39, 0.29) is 11.6 Å². The van der Waals surface area contributed by atoms with Gasteiger partial charge in [0.1, 0.15) is 11.9 Å². The predicted octanol–water partition coefficient (Wildman–Crippen LogP) is 5.93. The van der Waals surface area contributed by atoms with E-state index < -0.39 is 11.1 Å². The molecule has 1 aliphatic rings. The number of non-ortho nitro benzene ring substituents is 1. The standard InChI is InChI=1S/C25H25N3O4/c1-2-3-6-17-32-21-15-13-19(14-16-21)27-24(18-9-11-20(12-10-18)28(30)31)26-23-8-5-4-7-22(23)25(27)29/h4-5,7-16,24,26H,2-3,6,17H2,1H3/t24-/m0/s1. The number of fused-ring (bicyclic) bond motifs is 1. The molecular formula is C25H25N3O4. The first-order valence-corrected chi connectivity index (χ1v) is 10.7. The van der Waals surface area contributed by atoms with Crippen molar-refractivity contribution < 1.29 is 14.5 Å². The molecule has 7 heteroatoms. The molecule has 1 amide bonds. The van der Waals surface area contributed by atoms with Gasteiger partial charge in [0.2, 0.25) is 0 Å². The number of nitro groups is 1. The summed E-state index contributed by atoms with van der Waals surface area (Å²) in [5.41, 5.74) is 2.77. The molecule has 0 spiro atoms. The zero-order valence-electron chi connectivity index (χ0n) is 17.9. The van der Waals surface area contributed by atoms with Gasteiger partial charge in [0.25, 0.3) is 11.6 Å². The van der Waals surface area contributed by atoms with E-state index in [1.807, 2.05) is 42.5 Å². The van der Waals surface area contributed by atoms with Gasteiger partial charge in [0, 0.05) is 23.5 Å². The molecule has 1 atom stereocenters. The number of carbonyl (C=O) groups is 1. The van der Waals surface area contributed by atoms with Gasteiger partial charge in [0.15, 0.2) is 0 Å². The fourth-order valence-electron chi connectivity index (χ4n) is 3.78. The highest BCUT2D eigenvalue weighted by Crippen LogP contribution is 2.37. The molecule has 0 aromatic heterocycles. The van der Waals surface area contributed by atoms with Crippen molar-refractivity contribution in [1.82, 2.24) is 0 Å².